The second-order valence-corrected chi connectivity index (χ2v) is 5.57. The molecule has 0 aromatic heterocycles. The molecule has 0 saturated heterocycles. The van der Waals surface area contributed by atoms with Crippen LogP contribution in [0.2, 0.25) is 0 Å². The van der Waals surface area contributed by atoms with Gasteiger partial charge in [-0.2, -0.15) is 0 Å². The van der Waals surface area contributed by atoms with Crippen molar-refractivity contribution in [2.45, 2.75) is 33.2 Å². The molecule has 1 aromatic rings. The Bertz CT molecular complexity index is 418. The van der Waals surface area contributed by atoms with Gasteiger partial charge in [-0.1, -0.05) is 41.9 Å². The van der Waals surface area contributed by atoms with Crippen molar-refractivity contribution in [1.82, 2.24) is 5.32 Å². The fourth-order valence-corrected chi connectivity index (χ4v) is 2.27. The Labute approximate surface area is 117 Å². The van der Waals surface area contributed by atoms with Crippen molar-refractivity contribution >= 4 is 21.8 Å². The van der Waals surface area contributed by atoms with Gasteiger partial charge in [-0.3, -0.25) is 4.79 Å². The molecule has 0 saturated carbocycles. The summed E-state index contributed by atoms with van der Waals surface area (Å²) in [5.74, 6) is 0.214. The number of phenolic OH excluding ortho intramolecular Hbond substituents is 1. The molecular weight excluding hydrogens is 294 g/mol. The smallest absolute Gasteiger partial charge is 0.255 e. The number of carbonyl (C=O) groups excluding carboxylic acids is 1. The summed E-state index contributed by atoms with van der Waals surface area (Å²) in [5.41, 5.74) is 1.06. The summed E-state index contributed by atoms with van der Waals surface area (Å²) in [6, 6.07) is 5.31. The maximum Gasteiger partial charge on any atom is 0.255 e. The average molecular weight is 314 g/mol. The van der Waals surface area contributed by atoms with E-state index in [1.807, 2.05) is 0 Å². The SMILES string of the molecule is Cc1cccc(C(=O)NC(CCBr)C(C)C)c1O. The molecule has 1 atom stereocenters. The van der Waals surface area contributed by atoms with Gasteiger partial charge >= 0.3 is 0 Å². The molecule has 0 aliphatic carbocycles. The van der Waals surface area contributed by atoms with Crippen molar-refractivity contribution in [3.8, 4) is 5.75 Å². The largest absolute Gasteiger partial charge is 0.507 e. The number of alkyl halides is 1. The molecule has 2 N–H and O–H groups in total. The van der Waals surface area contributed by atoms with E-state index in [4.69, 9.17) is 0 Å². The van der Waals surface area contributed by atoms with Crippen LogP contribution in [-0.4, -0.2) is 22.4 Å². The van der Waals surface area contributed by atoms with Crippen molar-refractivity contribution in [3.63, 3.8) is 0 Å². The molecule has 0 spiro atoms. The standard InChI is InChI=1S/C14H20BrNO2/c1-9(2)12(7-8-15)16-14(18)11-6-4-5-10(3)13(11)17/h4-6,9,12,17H,7-8H2,1-3H3,(H,16,18). The zero-order valence-corrected chi connectivity index (χ0v) is 12.6. The predicted octanol–water partition coefficient (Wildman–Crippen LogP) is 3.24. The summed E-state index contributed by atoms with van der Waals surface area (Å²) >= 11 is 3.39. The van der Waals surface area contributed by atoms with Crippen LogP contribution in [0.1, 0.15) is 36.2 Å². The van der Waals surface area contributed by atoms with Crippen LogP contribution < -0.4 is 5.32 Å². The fraction of sp³-hybridized carbons (Fsp3) is 0.500. The van der Waals surface area contributed by atoms with E-state index in [1.165, 1.54) is 0 Å². The quantitative estimate of drug-likeness (QED) is 0.820. The first-order valence-electron chi connectivity index (χ1n) is 6.12. The summed E-state index contributed by atoms with van der Waals surface area (Å²) in [5, 5.41) is 13.7. The summed E-state index contributed by atoms with van der Waals surface area (Å²) in [6.07, 6.45) is 0.871. The van der Waals surface area contributed by atoms with Gasteiger partial charge in [0.25, 0.3) is 5.91 Å². The van der Waals surface area contributed by atoms with E-state index in [0.29, 0.717) is 17.0 Å². The third-order valence-electron chi connectivity index (χ3n) is 3.02. The topological polar surface area (TPSA) is 49.3 Å². The highest BCUT2D eigenvalue weighted by atomic mass is 79.9. The first-order chi connectivity index (χ1) is 8.47. The number of phenols is 1. The summed E-state index contributed by atoms with van der Waals surface area (Å²) in [4.78, 5) is 12.1. The fourth-order valence-electron chi connectivity index (χ4n) is 1.78. The highest BCUT2D eigenvalue weighted by molar-refractivity contribution is 9.09. The molecule has 0 aliphatic heterocycles. The molecule has 18 heavy (non-hydrogen) atoms. The number of aryl methyl sites for hydroxylation is 1. The minimum Gasteiger partial charge on any atom is -0.507 e. The molecule has 0 aliphatic rings. The van der Waals surface area contributed by atoms with Crippen molar-refractivity contribution in [3.05, 3.63) is 29.3 Å². The lowest BCUT2D eigenvalue weighted by Crippen LogP contribution is -2.38. The van der Waals surface area contributed by atoms with Crippen molar-refractivity contribution < 1.29 is 9.90 Å². The van der Waals surface area contributed by atoms with E-state index in [9.17, 15) is 9.90 Å². The highest BCUT2D eigenvalue weighted by Gasteiger charge is 2.18. The van der Waals surface area contributed by atoms with Gasteiger partial charge in [0.05, 0.1) is 5.56 Å². The Hall–Kier alpha value is -1.03. The molecule has 0 bridgehead atoms. The molecule has 0 fully saturated rings. The second kappa shape index (κ2) is 6.78. The minimum absolute atomic E-state index is 0.0661. The Morgan fingerprint density at radius 2 is 2.11 bits per heavy atom. The Kier molecular flexibility index (Phi) is 5.66. The predicted molar refractivity (Wildman–Crippen MR) is 77.3 cm³/mol. The number of carbonyl (C=O) groups is 1. The van der Waals surface area contributed by atoms with Gasteiger partial charge in [-0.05, 0) is 30.9 Å². The van der Waals surface area contributed by atoms with Gasteiger partial charge < -0.3 is 10.4 Å². The molecule has 100 valence electrons. The second-order valence-electron chi connectivity index (χ2n) is 4.77. The Balaban J connectivity index is 2.84. The van der Waals surface area contributed by atoms with Gasteiger partial charge in [-0.25, -0.2) is 0 Å². The lowest BCUT2D eigenvalue weighted by Gasteiger charge is -2.22. The van der Waals surface area contributed by atoms with Crippen LogP contribution in [0.5, 0.6) is 5.75 Å². The van der Waals surface area contributed by atoms with Crippen LogP contribution in [0, 0.1) is 12.8 Å². The number of hydrogen-bond donors (Lipinski definition) is 2. The van der Waals surface area contributed by atoms with E-state index in [-0.39, 0.29) is 17.7 Å². The van der Waals surface area contributed by atoms with E-state index in [2.05, 4.69) is 35.1 Å². The normalized spacial score (nSPS) is 12.5. The summed E-state index contributed by atoms with van der Waals surface area (Å²) in [6.45, 7) is 5.93. The number of aromatic hydroxyl groups is 1. The van der Waals surface area contributed by atoms with Gasteiger partial charge in [-0.15, -0.1) is 0 Å². The number of halogens is 1. The molecule has 1 rings (SSSR count). The molecule has 1 aromatic carbocycles. The maximum atomic E-state index is 12.1. The van der Waals surface area contributed by atoms with E-state index >= 15 is 0 Å². The molecule has 0 radical (unpaired) electrons. The monoisotopic (exact) mass is 313 g/mol. The molecule has 1 amide bonds. The zero-order valence-electron chi connectivity index (χ0n) is 11.0. The van der Waals surface area contributed by atoms with Gasteiger partial charge in [0.2, 0.25) is 0 Å². The van der Waals surface area contributed by atoms with Gasteiger partial charge in [0.1, 0.15) is 5.75 Å². The molecule has 3 nitrogen and oxygen atoms in total. The van der Waals surface area contributed by atoms with Crippen LogP contribution in [0.3, 0.4) is 0 Å². The summed E-state index contributed by atoms with van der Waals surface area (Å²) < 4.78 is 0. The van der Waals surface area contributed by atoms with Gasteiger partial charge in [0, 0.05) is 11.4 Å². The maximum absolute atomic E-state index is 12.1. The highest BCUT2D eigenvalue weighted by Crippen LogP contribution is 2.21. The van der Waals surface area contributed by atoms with Gasteiger partial charge in [0.15, 0.2) is 0 Å². The number of rotatable bonds is 5. The number of benzene rings is 1. The number of hydrogen-bond acceptors (Lipinski definition) is 2. The average Bonchev–Trinajstić information content (AvgIpc) is 2.31. The van der Waals surface area contributed by atoms with Crippen LogP contribution in [0.4, 0.5) is 0 Å². The number of nitrogens with one attached hydrogen (secondary N) is 1. The van der Waals surface area contributed by atoms with Crippen LogP contribution in [0.25, 0.3) is 0 Å². The van der Waals surface area contributed by atoms with Crippen LogP contribution in [0.15, 0.2) is 18.2 Å². The van der Waals surface area contributed by atoms with E-state index < -0.39 is 0 Å². The molecule has 4 heteroatoms. The minimum atomic E-state index is -0.212. The van der Waals surface area contributed by atoms with Crippen LogP contribution >= 0.6 is 15.9 Å². The van der Waals surface area contributed by atoms with Crippen molar-refractivity contribution in [2.24, 2.45) is 5.92 Å². The third kappa shape index (κ3) is 3.73. The summed E-state index contributed by atoms with van der Waals surface area (Å²) in [7, 11) is 0. The molecular formula is C14H20BrNO2. The van der Waals surface area contributed by atoms with E-state index in [1.54, 1.807) is 25.1 Å². The Morgan fingerprint density at radius 3 is 2.67 bits per heavy atom. The zero-order chi connectivity index (χ0) is 13.7. The number of para-hydroxylation sites is 1. The lowest BCUT2D eigenvalue weighted by molar-refractivity contribution is 0.0922. The van der Waals surface area contributed by atoms with E-state index in [0.717, 1.165) is 11.8 Å². The third-order valence-corrected chi connectivity index (χ3v) is 3.48. The van der Waals surface area contributed by atoms with Crippen LogP contribution in [-0.2, 0) is 0 Å². The Morgan fingerprint density at radius 1 is 1.44 bits per heavy atom. The molecule has 0 heterocycles. The van der Waals surface area contributed by atoms with Crippen molar-refractivity contribution in [1.29, 1.82) is 0 Å². The first-order valence-corrected chi connectivity index (χ1v) is 7.25. The van der Waals surface area contributed by atoms with Crippen molar-refractivity contribution in [2.75, 3.05) is 5.33 Å². The number of amides is 1. The first kappa shape index (κ1) is 15.0. The molecule has 1 unspecified atom stereocenters. The lowest BCUT2D eigenvalue weighted by atomic mass is 10.0.